The van der Waals surface area contributed by atoms with Crippen molar-refractivity contribution in [1.29, 1.82) is 0 Å². The lowest BCUT2D eigenvalue weighted by atomic mass is 10.3. The van der Waals surface area contributed by atoms with Crippen molar-refractivity contribution in [2.45, 2.75) is 26.9 Å². The predicted molar refractivity (Wildman–Crippen MR) is 66.9 cm³/mol. The summed E-state index contributed by atoms with van der Waals surface area (Å²) in [5, 5.41) is 2.75. The van der Waals surface area contributed by atoms with Gasteiger partial charge in [-0.25, -0.2) is 4.98 Å². The number of carbonyl (C=O) groups excluding carboxylic acids is 1. The van der Waals surface area contributed by atoms with E-state index in [-0.39, 0.29) is 12.5 Å². The minimum Gasteiger partial charge on any atom is -0.444 e. The van der Waals surface area contributed by atoms with Crippen molar-refractivity contribution >= 4 is 11.6 Å². The summed E-state index contributed by atoms with van der Waals surface area (Å²) >= 11 is 0. The molecule has 2 rings (SSSR count). The average Bonchev–Trinajstić information content (AvgIpc) is 2.92. The van der Waals surface area contributed by atoms with Crippen LogP contribution in [0.3, 0.4) is 0 Å². The maximum Gasteiger partial charge on any atom is 0.268 e. The van der Waals surface area contributed by atoms with E-state index in [1.54, 1.807) is 30.0 Å². The Morgan fingerprint density at radius 1 is 1.61 bits per heavy atom. The van der Waals surface area contributed by atoms with Gasteiger partial charge in [-0.05, 0) is 19.9 Å². The van der Waals surface area contributed by atoms with Gasteiger partial charge in [-0.2, -0.15) is 0 Å². The molecule has 0 aliphatic carbocycles. The van der Waals surface area contributed by atoms with Crippen LogP contribution in [0.1, 0.15) is 29.1 Å². The zero-order valence-electron chi connectivity index (χ0n) is 10.4. The highest BCUT2D eigenvalue weighted by Crippen LogP contribution is 2.10. The number of nitrogens with one attached hydrogen (secondary N) is 1. The Bertz CT molecular complexity index is 556. The predicted octanol–water partition coefficient (Wildman–Crippen LogP) is 1.32. The molecule has 2 aromatic rings. The van der Waals surface area contributed by atoms with Gasteiger partial charge in [0, 0.05) is 12.7 Å². The van der Waals surface area contributed by atoms with Gasteiger partial charge in [-0.15, -0.1) is 0 Å². The molecule has 0 atom stereocenters. The molecule has 2 heterocycles. The zero-order chi connectivity index (χ0) is 13.1. The molecular formula is C12H16N4O2. The molecule has 3 N–H and O–H groups in total. The van der Waals surface area contributed by atoms with Crippen LogP contribution in [-0.4, -0.2) is 15.5 Å². The maximum absolute atomic E-state index is 12.0. The first-order chi connectivity index (χ1) is 8.60. The van der Waals surface area contributed by atoms with Gasteiger partial charge in [0.25, 0.3) is 5.91 Å². The number of aromatic nitrogens is 2. The monoisotopic (exact) mass is 248 g/mol. The Labute approximate surface area is 105 Å². The second kappa shape index (κ2) is 4.95. The molecule has 0 aromatic carbocycles. The van der Waals surface area contributed by atoms with Crippen molar-refractivity contribution in [3.63, 3.8) is 0 Å². The largest absolute Gasteiger partial charge is 0.444 e. The van der Waals surface area contributed by atoms with Gasteiger partial charge in [-0.3, -0.25) is 4.79 Å². The van der Waals surface area contributed by atoms with Gasteiger partial charge in [0.2, 0.25) is 5.89 Å². The van der Waals surface area contributed by atoms with Gasteiger partial charge in [0.05, 0.1) is 18.4 Å². The van der Waals surface area contributed by atoms with Crippen LogP contribution in [0.15, 0.2) is 22.9 Å². The highest BCUT2D eigenvalue weighted by molar-refractivity contribution is 5.93. The number of nitrogens with zero attached hydrogens (tertiary/aromatic N) is 2. The zero-order valence-corrected chi connectivity index (χ0v) is 10.4. The van der Waals surface area contributed by atoms with Crippen LogP contribution in [0.4, 0.5) is 5.69 Å². The van der Waals surface area contributed by atoms with Crippen LogP contribution in [0.2, 0.25) is 0 Å². The standard InChI is InChI=1S/C12H16N4O2/c1-3-16-7-9(13)4-10(16)12(17)15-6-11-14-5-8(2)18-11/h4-5,7H,3,6,13H2,1-2H3,(H,15,17). The summed E-state index contributed by atoms with van der Waals surface area (Å²) in [6, 6.07) is 1.65. The highest BCUT2D eigenvalue weighted by atomic mass is 16.4. The fourth-order valence-electron chi connectivity index (χ4n) is 1.71. The molecule has 0 saturated carbocycles. The third-order valence-corrected chi connectivity index (χ3v) is 2.56. The third-order valence-electron chi connectivity index (χ3n) is 2.56. The molecule has 1 amide bonds. The summed E-state index contributed by atoms with van der Waals surface area (Å²) in [7, 11) is 0. The fraction of sp³-hybridized carbons (Fsp3) is 0.333. The minimum atomic E-state index is -0.190. The second-order valence-electron chi connectivity index (χ2n) is 3.99. The number of amides is 1. The summed E-state index contributed by atoms with van der Waals surface area (Å²) in [4.78, 5) is 16.0. The van der Waals surface area contributed by atoms with E-state index in [0.29, 0.717) is 23.8 Å². The van der Waals surface area contributed by atoms with Crippen LogP contribution in [0.25, 0.3) is 0 Å². The molecule has 0 unspecified atom stereocenters. The van der Waals surface area contributed by atoms with Crippen LogP contribution in [0, 0.1) is 6.92 Å². The SMILES string of the molecule is CCn1cc(N)cc1C(=O)NCc1ncc(C)o1. The maximum atomic E-state index is 12.0. The first kappa shape index (κ1) is 12.2. The molecule has 0 fully saturated rings. The van der Waals surface area contributed by atoms with Crippen molar-refractivity contribution in [2.75, 3.05) is 5.73 Å². The normalized spacial score (nSPS) is 10.6. The lowest BCUT2D eigenvalue weighted by Gasteiger charge is -2.05. The van der Waals surface area contributed by atoms with Crippen LogP contribution in [-0.2, 0) is 13.1 Å². The lowest BCUT2D eigenvalue weighted by Crippen LogP contribution is -2.25. The van der Waals surface area contributed by atoms with E-state index in [4.69, 9.17) is 10.2 Å². The number of hydrogen-bond acceptors (Lipinski definition) is 4. The van der Waals surface area contributed by atoms with E-state index < -0.39 is 0 Å². The van der Waals surface area contributed by atoms with Crippen LogP contribution < -0.4 is 11.1 Å². The Morgan fingerprint density at radius 3 is 3.00 bits per heavy atom. The van der Waals surface area contributed by atoms with Crippen LogP contribution in [0.5, 0.6) is 0 Å². The second-order valence-corrected chi connectivity index (χ2v) is 3.99. The molecule has 0 bridgehead atoms. The number of anilines is 1. The Hall–Kier alpha value is -2.24. The van der Waals surface area contributed by atoms with Gasteiger partial charge in [0.15, 0.2) is 0 Å². The van der Waals surface area contributed by atoms with E-state index in [1.807, 2.05) is 6.92 Å². The quantitative estimate of drug-likeness (QED) is 0.854. The van der Waals surface area contributed by atoms with Crippen molar-refractivity contribution in [2.24, 2.45) is 0 Å². The minimum absolute atomic E-state index is 0.190. The number of nitrogens with two attached hydrogens (primary N) is 1. The van der Waals surface area contributed by atoms with Gasteiger partial charge in [-0.1, -0.05) is 0 Å². The first-order valence-electron chi connectivity index (χ1n) is 5.75. The number of oxazole rings is 1. The Morgan fingerprint density at radius 2 is 2.39 bits per heavy atom. The summed E-state index contributed by atoms with van der Waals surface area (Å²) in [6.07, 6.45) is 3.36. The molecule has 0 aliphatic heterocycles. The summed E-state index contributed by atoms with van der Waals surface area (Å²) in [6.45, 7) is 4.72. The fourth-order valence-corrected chi connectivity index (χ4v) is 1.71. The summed E-state index contributed by atoms with van der Waals surface area (Å²) < 4.78 is 7.07. The number of nitrogen functional groups attached to an aromatic ring is 1. The molecule has 0 saturated heterocycles. The number of hydrogen-bond donors (Lipinski definition) is 2. The average molecular weight is 248 g/mol. The van der Waals surface area contributed by atoms with Crippen molar-refractivity contribution in [1.82, 2.24) is 14.9 Å². The van der Waals surface area contributed by atoms with E-state index in [0.717, 1.165) is 5.76 Å². The molecule has 6 nitrogen and oxygen atoms in total. The van der Waals surface area contributed by atoms with E-state index in [1.165, 1.54) is 0 Å². The molecule has 0 spiro atoms. The Kier molecular flexibility index (Phi) is 3.36. The van der Waals surface area contributed by atoms with E-state index in [2.05, 4.69) is 10.3 Å². The van der Waals surface area contributed by atoms with E-state index >= 15 is 0 Å². The smallest absolute Gasteiger partial charge is 0.268 e. The summed E-state index contributed by atoms with van der Waals surface area (Å²) in [5.74, 6) is 1.02. The number of carbonyl (C=O) groups is 1. The van der Waals surface area contributed by atoms with Gasteiger partial charge >= 0.3 is 0 Å². The van der Waals surface area contributed by atoms with Crippen molar-refractivity contribution < 1.29 is 9.21 Å². The molecule has 2 aromatic heterocycles. The lowest BCUT2D eigenvalue weighted by molar-refractivity contribution is 0.0938. The van der Waals surface area contributed by atoms with Crippen molar-refractivity contribution in [3.05, 3.63) is 35.8 Å². The number of aryl methyl sites for hydroxylation is 2. The molecule has 0 aliphatic rings. The van der Waals surface area contributed by atoms with Crippen molar-refractivity contribution in [3.8, 4) is 0 Å². The molecule has 6 heteroatoms. The molecule has 18 heavy (non-hydrogen) atoms. The molecule has 96 valence electrons. The highest BCUT2D eigenvalue weighted by Gasteiger charge is 2.12. The van der Waals surface area contributed by atoms with Gasteiger partial charge in [0.1, 0.15) is 11.5 Å². The molecular weight excluding hydrogens is 232 g/mol. The number of rotatable bonds is 4. The summed E-state index contributed by atoms with van der Waals surface area (Å²) in [5.41, 5.74) is 6.79. The Balaban J connectivity index is 2.03. The van der Waals surface area contributed by atoms with Gasteiger partial charge < -0.3 is 20.0 Å². The molecule has 0 radical (unpaired) electrons. The third kappa shape index (κ3) is 2.53. The van der Waals surface area contributed by atoms with Crippen LogP contribution >= 0.6 is 0 Å². The first-order valence-corrected chi connectivity index (χ1v) is 5.75. The topological polar surface area (TPSA) is 86.1 Å². The van der Waals surface area contributed by atoms with E-state index in [9.17, 15) is 4.79 Å².